The van der Waals surface area contributed by atoms with E-state index in [2.05, 4.69) is 6.92 Å². The second kappa shape index (κ2) is 8.30. The molecule has 2 unspecified atom stereocenters. The Balaban J connectivity index is 1.52. The number of carbonyl (C=O) groups is 1. The van der Waals surface area contributed by atoms with Gasteiger partial charge in [-0.25, -0.2) is 13.2 Å². The van der Waals surface area contributed by atoms with Crippen LogP contribution in [0.5, 0.6) is 0 Å². The molecule has 0 saturated heterocycles. The quantitative estimate of drug-likeness (QED) is 0.635. The van der Waals surface area contributed by atoms with Crippen LogP contribution in [0.4, 0.5) is 13.2 Å². The highest BCUT2D eigenvalue weighted by Crippen LogP contribution is 2.43. The van der Waals surface area contributed by atoms with E-state index in [1.165, 1.54) is 0 Å². The lowest BCUT2D eigenvalue weighted by atomic mass is 9.68. The van der Waals surface area contributed by atoms with Gasteiger partial charge in [0.1, 0.15) is 30.5 Å². The van der Waals surface area contributed by atoms with E-state index < -0.39 is 30.4 Å². The molecule has 0 radical (unpaired) electrons. The number of hydrogen-bond acceptors (Lipinski definition) is 2. The van der Waals surface area contributed by atoms with Crippen molar-refractivity contribution in [2.24, 2.45) is 23.7 Å². The first-order valence-electron chi connectivity index (χ1n) is 10.1. The molecule has 5 heteroatoms. The average molecular weight is 360 g/mol. The first kappa shape index (κ1) is 19.0. The minimum absolute atomic E-state index is 0.0449. The number of ether oxygens (including phenoxy) is 1. The van der Waals surface area contributed by atoms with Gasteiger partial charge in [0.25, 0.3) is 0 Å². The Hall–Kier alpha value is -0.740. The fourth-order valence-electron chi connectivity index (χ4n) is 5.01. The van der Waals surface area contributed by atoms with Crippen LogP contribution in [0.1, 0.15) is 71.1 Å². The molecule has 0 heterocycles. The Labute approximate surface area is 148 Å². The van der Waals surface area contributed by atoms with Crippen molar-refractivity contribution in [3.05, 3.63) is 0 Å². The van der Waals surface area contributed by atoms with E-state index in [0.29, 0.717) is 37.5 Å². The molecule has 3 saturated carbocycles. The summed E-state index contributed by atoms with van der Waals surface area (Å²) in [7, 11) is 0. The molecule has 144 valence electrons. The number of esters is 1. The largest absolute Gasteiger partial charge is 0.462 e. The van der Waals surface area contributed by atoms with E-state index in [0.717, 1.165) is 25.7 Å². The molecular formula is C20H31F3O2. The smallest absolute Gasteiger partial charge is 0.315 e. The molecule has 0 spiro atoms. The van der Waals surface area contributed by atoms with Crippen LogP contribution >= 0.6 is 0 Å². The van der Waals surface area contributed by atoms with E-state index in [9.17, 15) is 18.0 Å². The zero-order valence-electron chi connectivity index (χ0n) is 15.1. The van der Waals surface area contributed by atoms with Crippen molar-refractivity contribution in [3.63, 3.8) is 0 Å². The number of carbonyl (C=O) groups excluding carboxylic acids is 1. The highest BCUT2D eigenvalue weighted by atomic mass is 19.1. The minimum atomic E-state index is -1.46. The van der Waals surface area contributed by atoms with E-state index in [-0.39, 0.29) is 24.9 Å². The number of rotatable bonds is 3. The SMILES string of the molecule is CC1CCC(C2CC(F)C(C(=O)OC3CCC(F)CC3)C(F)C2)CC1. The summed E-state index contributed by atoms with van der Waals surface area (Å²) in [6.07, 6.45) is 2.42. The van der Waals surface area contributed by atoms with E-state index in [1.807, 2.05) is 0 Å². The van der Waals surface area contributed by atoms with E-state index >= 15 is 0 Å². The van der Waals surface area contributed by atoms with Gasteiger partial charge in [0.05, 0.1) is 0 Å². The Kier molecular flexibility index (Phi) is 6.32. The third-order valence-corrected chi connectivity index (χ3v) is 6.72. The molecule has 0 amide bonds. The zero-order valence-corrected chi connectivity index (χ0v) is 15.1. The minimum Gasteiger partial charge on any atom is -0.462 e. The lowest BCUT2D eigenvalue weighted by molar-refractivity contribution is -0.164. The summed E-state index contributed by atoms with van der Waals surface area (Å²) in [4.78, 5) is 12.3. The maximum absolute atomic E-state index is 14.6. The van der Waals surface area contributed by atoms with Gasteiger partial charge in [-0.1, -0.05) is 19.8 Å². The number of halogens is 3. The fourth-order valence-corrected chi connectivity index (χ4v) is 5.01. The van der Waals surface area contributed by atoms with Gasteiger partial charge in [-0.2, -0.15) is 0 Å². The first-order valence-corrected chi connectivity index (χ1v) is 10.1. The van der Waals surface area contributed by atoms with Crippen LogP contribution < -0.4 is 0 Å². The molecule has 0 aromatic carbocycles. The highest BCUT2D eigenvalue weighted by Gasteiger charge is 2.46. The Morgan fingerprint density at radius 2 is 1.36 bits per heavy atom. The monoisotopic (exact) mass is 360 g/mol. The normalized spacial score (nSPS) is 45.8. The number of hydrogen-bond donors (Lipinski definition) is 0. The van der Waals surface area contributed by atoms with Crippen LogP contribution in [-0.4, -0.2) is 30.6 Å². The van der Waals surface area contributed by atoms with Crippen molar-refractivity contribution in [2.75, 3.05) is 0 Å². The van der Waals surface area contributed by atoms with Gasteiger partial charge < -0.3 is 4.74 Å². The molecule has 3 aliphatic rings. The van der Waals surface area contributed by atoms with E-state index in [1.54, 1.807) is 0 Å². The van der Waals surface area contributed by atoms with Crippen LogP contribution in [0.3, 0.4) is 0 Å². The molecule has 0 N–H and O–H groups in total. The van der Waals surface area contributed by atoms with Crippen molar-refractivity contribution < 1.29 is 22.7 Å². The summed E-state index contributed by atoms with van der Waals surface area (Å²) in [5.41, 5.74) is 0. The maximum atomic E-state index is 14.6. The second-order valence-corrected chi connectivity index (χ2v) is 8.62. The molecule has 2 nitrogen and oxygen atoms in total. The predicted octanol–water partition coefficient (Wildman–Crippen LogP) is 5.34. The van der Waals surface area contributed by atoms with Gasteiger partial charge in [-0.3, -0.25) is 4.79 Å². The predicted molar refractivity (Wildman–Crippen MR) is 90.4 cm³/mol. The van der Waals surface area contributed by atoms with Crippen molar-refractivity contribution in [2.45, 2.75) is 95.8 Å². The molecule has 2 atom stereocenters. The van der Waals surface area contributed by atoms with Gasteiger partial charge in [-0.05, 0) is 69.1 Å². The molecule has 0 aromatic heterocycles. The summed E-state index contributed by atoms with van der Waals surface area (Å²) in [6.45, 7) is 2.23. The van der Waals surface area contributed by atoms with Crippen molar-refractivity contribution in [3.8, 4) is 0 Å². The van der Waals surface area contributed by atoms with Gasteiger partial charge in [0, 0.05) is 0 Å². The standard InChI is InChI=1S/C20H31F3O2/c1-12-2-4-13(5-3-12)14-10-17(22)19(18(23)11-14)20(24)25-16-8-6-15(21)7-9-16/h12-19H,2-11H2,1H3. The topological polar surface area (TPSA) is 26.3 Å². The summed E-state index contributed by atoms with van der Waals surface area (Å²) in [5, 5.41) is 0. The number of alkyl halides is 3. The lowest BCUT2D eigenvalue weighted by Gasteiger charge is -2.40. The van der Waals surface area contributed by atoms with Crippen molar-refractivity contribution in [1.82, 2.24) is 0 Å². The molecule has 3 rings (SSSR count). The third-order valence-electron chi connectivity index (χ3n) is 6.72. The third kappa shape index (κ3) is 4.71. The van der Waals surface area contributed by atoms with Crippen LogP contribution in [-0.2, 0) is 9.53 Å². The van der Waals surface area contributed by atoms with Gasteiger partial charge in [0.2, 0.25) is 0 Å². The van der Waals surface area contributed by atoms with Crippen LogP contribution in [0, 0.1) is 23.7 Å². The summed E-state index contributed by atoms with van der Waals surface area (Å²) < 4.78 is 47.8. The molecule has 0 bridgehead atoms. The Morgan fingerprint density at radius 3 is 1.92 bits per heavy atom. The molecule has 0 aliphatic heterocycles. The van der Waals surface area contributed by atoms with E-state index in [4.69, 9.17) is 4.74 Å². The van der Waals surface area contributed by atoms with Gasteiger partial charge in [-0.15, -0.1) is 0 Å². The fraction of sp³-hybridized carbons (Fsp3) is 0.950. The second-order valence-electron chi connectivity index (χ2n) is 8.62. The Morgan fingerprint density at radius 1 is 0.800 bits per heavy atom. The molecule has 3 fully saturated rings. The zero-order chi connectivity index (χ0) is 18.0. The van der Waals surface area contributed by atoms with Gasteiger partial charge in [0.15, 0.2) is 0 Å². The first-order chi connectivity index (χ1) is 11.9. The lowest BCUT2D eigenvalue weighted by Crippen LogP contribution is -2.44. The molecule has 25 heavy (non-hydrogen) atoms. The van der Waals surface area contributed by atoms with Crippen molar-refractivity contribution >= 4 is 5.97 Å². The summed E-state index contributed by atoms with van der Waals surface area (Å²) >= 11 is 0. The molecule has 3 aliphatic carbocycles. The maximum Gasteiger partial charge on any atom is 0.315 e. The summed E-state index contributed by atoms with van der Waals surface area (Å²) in [6, 6.07) is 0. The van der Waals surface area contributed by atoms with Crippen LogP contribution in [0.25, 0.3) is 0 Å². The molecular weight excluding hydrogens is 329 g/mol. The van der Waals surface area contributed by atoms with Crippen LogP contribution in [0.15, 0.2) is 0 Å². The van der Waals surface area contributed by atoms with Crippen LogP contribution in [0.2, 0.25) is 0 Å². The van der Waals surface area contributed by atoms with Crippen molar-refractivity contribution in [1.29, 1.82) is 0 Å². The van der Waals surface area contributed by atoms with Gasteiger partial charge >= 0.3 is 5.97 Å². The molecule has 0 aromatic rings. The summed E-state index contributed by atoms with van der Waals surface area (Å²) in [5.74, 6) is -0.891. The average Bonchev–Trinajstić information content (AvgIpc) is 2.57. The highest BCUT2D eigenvalue weighted by molar-refractivity contribution is 5.74. The Bertz CT molecular complexity index is 430.